The smallest absolute Gasteiger partial charge is 0.262 e. The minimum Gasteiger partial charge on any atom is -0.387 e. The highest BCUT2D eigenvalue weighted by Crippen LogP contribution is 2.41. The van der Waals surface area contributed by atoms with Crippen molar-refractivity contribution in [3.05, 3.63) is 22.4 Å². The van der Waals surface area contributed by atoms with Gasteiger partial charge < -0.3 is 10.7 Å². The molecule has 25 heavy (non-hydrogen) atoms. The second-order valence-corrected chi connectivity index (χ2v) is 7.11. The summed E-state index contributed by atoms with van der Waals surface area (Å²) in [5.41, 5.74) is 5.75. The summed E-state index contributed by atoms with van der Waals surface area (Å²) >= 11 is 0. The van der Waals surface area contributed by atoms with Gasteiger partial charge in [-0.3, -0.25) is 10.2 Å². The highest BCUT2D eigenvalue weighted by molar-refractivity contribution is 5.81. The number of fused-ring (bicyclic) bond motifs is 1. The van der Waals surface area contributed by atoms with Gasteiger partial charge in [-0.25, -0.2) is 18.4 Å². The molecule has 2 saturated carbocycles. The highest BCUT2D eigenvalue weighted by Gasteiger charge is 2.38. The molecule has 4 rings (SSSR count). The third-order valence-electron chi connectivity index (χ3n) is 5.54. The van der Waals surface area contributed by atoms with Crippen molar-refractivity contribution in [2.45, 2.75) is 56.4 Å². The van der Waals surface area contributed by atoms with Crippen LogP contribution in [0.15, 0.2) is 11.0 Å². The lowest BCUT2D eigenvalue weighted by atomic mass is 9.72. The Morgan fingerprint density at radius 3 is 2.64 bits per heavy atom. The number of nitrogens with one attached hydrogen (secondary N) is 2. The van der Waals surface area contributed by atoms with Crippen molar-refractivity contribution in [1.82, 2.24) is 19.7 Å². The molecule has 7 nitrogen and oxygen atoms in total. The lowest BCUT2D eigenvalue weighted by Crippen LogP contribution is -2.37. The van der Waals surface area contributed by atoms with Crippen molar-refractivity contribution in [3.8, 4) is 0 Å². The van der Waals surface area contributed by atoms with Gasteiger partial charge >= 0.3 is 0 Å². The summed E-state index contributed by atoms with van der Waals surface area (Å²) in [6.07, 6.45) is 3.33. The summed E-state index contributed by atoms with van der Waals surface area (Å²) < 4.78 is 28.4. The second kappa shape index (κ2) is 5.60. The number of rotatable bonds is 3. The van der Waals surface area contributed by atoms with Gasteiger partial charge in [0.25, 0.3) is 5.56 Å². The largest absolute Gasteiger partial charge is 0.387 e. The van der Waals surface area contributed by atoms with Crippen molar-refractivity contribution in [3.63, 3.8) is 0 Å². The molecule has 2 fully saturated rings. The Bertz CT molecular complexity index is 878. The Morgan fingerprint density at radius 2 is 2.04 bits per heavy atom. The van der Waals surface area contributed by atoms with E-state index >= 15 is 0 Å². The van der Waals surface area contributed by atoms with Crippen molar-refractivity contribution in [1.29, 1.82) is 5.41 Å². The number of aromatic amines is 1. The van der Waals surface area contributed by atoms with E-state index in [1.807, 2.05) is 0 Å². The Hall–Kier alpha value is -2.32. The molecular formula is C16H20F2N6O. The molecule has 2 aromatic heterocycles. The average molecular weight is 350 g/mol. The van der Waals surface area contributed by atoms with E-state index in [9.17, 15) is 13.6 Å². The number of alkyl halides is 2. The summed E-state index contributed by atoms with van der Waals surface area (Å²) in [5, 5.41) is 12.2. The fourth-order valence-corrected chi connectivity index (χ4v) is 3.86. The van der Waals surface area contributed by atoms with Crippen LogP contribution in [0, 0.1) is 11.3 Å². The Morgan fingerprint density at radius 1 is 1.32 bits per heavy atom. The molecule has 2 aromatic rings. The van der Waals surface area contributed by atoms with Crippen LogP contribution in [0.2, 0.25) is 0 Å². The molecule has 0 spiro atoms. The first kappa shape index (κ1) is 16.2. The number of nitrogens with two attached hydrogens (primary N) is 1. The average Bonchev–Trinajstić information content (AvgIpc) is 2.90. The molecule has 2 heterocycles. The third-order valence-corrected chi connectivity index (χ3v) is 5.54. The molecule has 134 valence electrons. The van der Waals surface area contributed by atoms with E-state index in [-0.39, 0.29) is 42.1 Å². The molecule has 0 saturated heterocycles. The number of amidine groups is 1. The second-order valence-electron chi connectivity index (χ2n) is 7.11. The van der Waals surface area contributed by atoms with Crippen LogP contribution in [0.1, 0.15) is 56.3 Å². The van der Waals surface area contributed by atoms with Gasteiger partial charge in [0.1, 0.15) is 11.2 Å². The van der Waals surface area contributed by atoms with Crippen molar-refractivity contribution >= 4 is 16.9 Å². The Kier molecular flexibility index (Phi) is 3.62. The van der Waals surface area contributed by atoms with E-state index in [4.69, 9.17) is 11.1 Å². The van der Waals surface area contributed by atoms with Crippen molar-refractivity contribution in [2.75, 3.05) is 0 Å². The van der Waals surface area contributed by atoms with Gasteiger partial charge in [-0.15, -0.1) is 0 Å². The van der Waals surface area contributed by atoms with Crippen LogP contribution in [0.3, 0.4) is 0 Å². The van der Waals surface area contributed by atoms with E-state index in [2.05, 4.69) is 15.1 Å². The zero-order valence-electron chi connectivity index (χ0n) is 13.6. The van der Waals surface area contributed by atoms with Crippen LogP contribution in [0.25, 0.3) is 11.0 Å². The van der Waals surface area contributed by atoms with Crippen LogP contribution < -0.4 is 11.3 Å². The Balaban J connectivity index is 1.70. The van der Waals surface area contributed by atoms with E-state index < -0.39 is 5.92 Å². The van der Waals surface area contributed by atoms with Crippen LogP contribution in [0.5, 0.6) is 0 Å². The Labute approximate surface area is 142 Å². The van der Waals surface area contributed by atoms with Gasteiger partial charge in [0.15, 0.2) is 5.65 Å². The maximum Gasteiger partial charge on any atom is 0.262 e. The predicted molar refractivity (Wildman–Crippen MR) is 88.0 cm³/mol. The fourth-order valence-electron chi connectivity index (χ4n) is 3.86. The number of H-pyrrole nitrogens is 1. The lowest BCUT2D eigenvalue weighted by molar-refractivity contribution is -0.0446. The van der Waals surface area contributed by atoms with Crippen LogP contribution in [0.4, 0.5) is 8.78 Å². The molecule has 2 atom stereocenters. The van der Waals surface area contributed by atoms with E-state index in [1.54, 1.807) is 4.68 Å². The minimum atomic E-state index is -2.61. The molecule has 4 N–H and O–H groups in total. The molecule has 2 aliphatic rings. The topological polar surface area (TPSA) is 113 Å². The fraction of sp³-hybridized carbons (Fsp3) is 0.625. The maximum atomic E-state index is 13.4. The predicted octanol–water partition coefficient (Wildman–Crippen LogP) is 2.30. The number of aromatic nitrogens is 4. The monoisotopic (exact) mass is 350 g/mol. The van der Waals surface area contributed by atoms with Gasteiger partial charge in [0.2, 0.25) is 5.92 Å². The summed E-state index contributed by atoms with van der Waals surface area (Å²) in [7, 11) is 0. The quantitative estimate of drug-likeness (QED) is 0.582. The normalized spacial score (nSPS) is 26.5. The van der Waals surface area contributed by atoms with Crippen molar-refractivity contribution < 1.29 is 8.78 Å². The molecule has 0 unspecified atom stereocenters. The first-order valence-electron chi connectivity index (χ1n) is 8.55. The first-order valence-corrected chi connectivity index (χ1v) is 8.55. The zero-order chi connectivity index (χ0) is 17.8. The number of halogens is 2. The lowest BCUT2D eigenvalue weighted by Gasteiger charge is -2.34. The molecule has 0 aromatic carbocycles. The van der Waals surface area contributed by atoms with E-state index in [1.165, 1.54) is 6.20 Å². The molecule has 0 amide bonds. The summed E-state index contributed by atoms with van der Waals surface area (Å²) in [6, 6.07) is -0.177. The van der Waals surface area contributed by atoms with E-state index in [0.29, 0.717) is 29.7 Å². The van der Waals surface area contributed by atoms with E-state index in [0.717, 1.165) is 12.8 Å². The SMILES string of the molecule is N=C(N)[C@@H]1CC[C@H]1c1nc2c(cnn2C2CCC(F)(F)CC2)c(=O)[nH]1. The molecule has 0 aliphatic heterocycles. The zero-order valence-corrected chi connectivity index (χ0v) is 13.6. The molecule has 0 bridgehead atoms. The molecule has 2 aliphatic carbocycles. The first-order chi connectivity index (χ1) is 11.9. The van der Waals surface area contributed by atoms with Gasteiger partial charge in [-0.1, -0.05) is 0 Å². The number of nitrogens with zero attached hydrogens (tertiary/aromatic N) is 3. The molecular weight excluding hydrogens is 330 g/mol. The van der Waals surface area contributed by atoms with Gasteiger partial charge in [-0.05, 0) is 25.7 Å². The summed E-state index contributed by atoms with van der Waals surface area (Å²) in [6.45, 7) is 0. The summed E-state index contributed by atoms with van der Waals surface area (Å²) in [5.74, 6) is -2.19. The van der Waals surface area contributed by atoms with Crippen LogP contribution in [-0.4, -0.2) is 31.5 Å². The molecule has 0 radical (unpaired) electrons. The van der Waals surface area contributed by atoms with Crippen LogP contribution in [-0.2, 0) is 0 Å². The maximum absolute atomic E-state index is 13.4. The van der Waals surface area contributed by atoms with Crippen LogP contribution >= 0.6 is 0 Å². The number of hydrogen-bond donors (Lipinski definition) is 3. The minimum absolute atomic E-state index is 0.0753. The van der Waals surface area contributed by atoms with Gasteiger partial charge in [0, 0.05) is 24.7 Å². The molecule has 9 heteroatoms. The summed E-state index contributed by atoms with van der Waals surface area (Å²) in [4.78, 5) is 19.7. The van der Waals surface area contributed by atoms with Gasteiger partial charge in [-0.2, -0.15) is 5.10 Å². The van der Waals surface area contributed by atoms with Gasteiger partial charge in [0.05, 0.1) is 18.1 Å². The number of hydrogen-bond acceptors (Lipinski definition) is 4. The standard InChI is InChI=1S/C16H20F2N6O/c17-16(18)5-3-8(4-6-16)24-14-11(7-21-24)15(25)23-13(22-14)10-2-1-9(10)12(19)20/h7-10H,1-6H2,(H3,19,20)(H,22,23,25)/t9-,10-/m1/s1. The van der Waals surface area contributed by atoms with Crippen molar-refractivity contribution in [2.24, 2.45) is 11.7 Å². The third kappa shape index (κ3) is 2.71. The highest BCUT2D eigenvalue weighted by atomic mass is 19.3.